The molecule has 0 aliphatic carbocycles. The number of phenols is 3. The molecule has 50 heavy (non-hydrogen) atoms. The fourth-order valence-corrected chi connectivity index (χ4v) is 6.10. The minimum atomic E-state index is -1.93. The normalized spacial score (nSPS) is 37.7. The highest BCUT2D eigenvalue weighted by Gasteiger charge is 2.51. The van der Waals surface area contributed by atoms with Gasteiger partial charge in [-0.1, -0.05) is 12.1 Å². The van der Waals surface area contributed by atoms with Crippen LogP contribution in [0.3, 0.4) is 0 Å². The van der Waals surface area contributed by atoms with Crippen molar-refractivity contribution >= 4 is 5.78 Å². The Morgan fingerprint density at radius 3 is 2.16 bits per heavy atom. The van der Waals surface area contributed by atoms with E-state index in [1.807, 2.05) is 0 Å². The van der Waals surface area contributed by atoms with Gasteiger partial charge in [-0.15, -0.1) is 0 Å². The summed E-state index contributed by atoms with van der Waals surface area (Å²) in [5.74, 6) is -3.07. The first-order valence-electron chi connectivity index (χ1n) is 15.8. The molecule has 2 aromatic carbocycles. The Morgan fingerprint density at radius 1 is 0.820 bits per heavy atom. The van der Waals surface area contributed by atoms with E-state index in [0.717, 1.165) is 6.07 Å². The number of aliphatic hydroxyl groups excluding tert-OH is 9. The fraction of sp³-hybridized carbons (Fsp3) is 0.594. The number of rotatable bonds is 10. The van der Waals surface area contributed by atoms with E-state index in [9.17, 15) is 66.1 Å². The molecule has 3 aliphatic heterocycles. The van der Waals surface area contributed by atoms with Crippen LogP contribution in [-0.2, 0) is 25.4 Å². The summed E-state index contributed by atoms with van der Waals surface area (Å²) in [6, 6.07) is 6.80. The quantitative estimate of drug-likeness (QED) is 0.108. The van der Waals surface area contributed by atoms with Gasteiger partial charge in [-0.2, -0.15) is 0 Å². The van der Waals surface area contributed by atoms with Crippen LogP contribution < -0.4 is 4.74 Å². The minimum Gasteiger partial charge on any atom is -0.508 e. The molecule has 12 N–H and O–H groups in total. The van der Waals surface area contributed by atoms with E-state index >= 15 is 0 Å². The number of hydrogen-bond donors (Lipinski definition) is 12. The number of ether oxygens (including phenoxy) is 5. The second kappa shape index (κ2) is 15.6. The zero-order chi connectivity index (χ0) is 36.6. The van der Waals surface area contributed by atoms with Gasteiger partial charge in [0.25, 0.3) is 0 Å². The van der Waals surface area contributed by atoms with Crippen molar-refractivity contribution in [3.05, 3.63) is 47.0 Å². The second-order valence-corrected chi connectivity index (χ2v) is 12.5. The van der Waals surface area contributed by atoms with Gasteiger partial charge < -0.3 is 85.0 Å². The lowest BCUT2D eigenvalue weighted by molar-refractivity contribution is -0.355. The molecule has 3 aliphatic rings. The number of aromatic hydroxyl groups is 3. The Bertz CT molecular complexity index is 1470. The number of ketones is 1. The van der Waals surface area contributed by atoms with Gasteiger partial charge in [0, 0.05) is 12.5 Å². The Kier molecular flexibility index (Phi) is 11.8. The van der Waals surface area contributed by atoms with Crippen LogP contribution in [0.2, 0.25) is 0 Å². The van der Waals surface area contributed by atoms with Gasteiger partial charge in [0.05, 0.1) is 24.9 Å². The number of phenolic OH excluding ortho intramolecular Hbond substituents is 3. The maximum atomic E-state index is 13.8. The zero-order valence-electron chi connectivity index (χ0n) is 26.6. The fourth-order valence-electron chi connectivity index (χ4n) is 6.10. The summed E-state index contributed by atoms with van der Waals surface area (Å²) in [5, 5.41) is 125. The number of benzene rings is 2. The number of carbonyl (C=O) groups is 1. The summed E-state index contributed by atoms with van der Waals surface area (Å²) in [5.41, 5.74) is -0.475. The van der Waals surface area contributed by atoms with Gasteiger partial charge in [0.1, 0.15) is 89.6 Å². The van der Waals surface area contributed by atoms with Crippen LogP contribution in [0.15, 0.2) is 30.3 Å². The van der Waals surface area contributed by atoms with Crippen molar-refractivity contribution < 1.29 is 89.8 Å². The van der Waals surface area contributed by atoms with E-state index < -0.39 is 133 Å². The molecule has 3 heterocycles. The molecule has 2 aromatic rings. The largest absolute Gasteiger partial charge is 0.508 e. The van der Waals surface area contributed by atoms with Crippen molar-refractivity contribution in [3.63, 3.8) is 0 Å². The van der Waals surface area contributed by atoms with Crippen molar-refractivity contribution in [1.82, 2.24) is 0 Å². The van der Waals surface area contributed by atoms with Crippen LogP contribution in [0.25, 0.3) is 0 Å². The predicted molar refractivity (Wildman–Crippen MR) is 163 cm³/mol. The van der Waals surface area contributed by atoms with Crippen LogP contribution >= 0.6 is 0 Å². The zero-order valence-corrected chi connectivity index (χ0v) is 26.6. The standard InChI is InChI=1S/C32H42O18/c1-11-21(38)26(43)30(50-31-28(45)25(42)23(40)18(9-33)49-31)32(47-11)48-17-8-15(36)20(29-27(44)22(39)16(37)10-46-29)24(41)19(17)14(35)7-4-12-2-5-13(34)6-3-12/h2-3,5-6,8,11,16,18,21-23,25-34,36-45H,4,7,9-10H2,1H3/t11-,16-,18-,21+,22-,23-,25+,26+,27-,28-,29-,30-,31+,32+/m0/s1. The Hall–Kier alpha value is -3.21. The van der Waals surface area contributed by atoms with Crippen LogP contribution in [0, 0.1) is 0 Å². The molecule has 0 unspecified atom stereocenters. The lowest BCUT2D eigenvalue weighted by Crippen LogP contribution is -2.64. The molecule has 0 saturated carbocycles. The van der Waals surface area contributed by atoms with E-state index in [1.54, 1.807) is 12.1 Å². The minimum absolute atomic E-state index is 0.00978. The number of hydrogen-bond acceptors (Lipinski definition) is 18. The molecule has 3 fully saturated rings. The third-order valence-electron chi connectivity index (χ3n) is 9.09. The molecular weight excluding hydrogens is 672 g/mol. The van der Waals surface area contributed by atoms with Gasteiger partial charge >= 0.3 is 0 Å². The van der Waals surface area contributed by atoms with Crippen LogP contribution in [0.4, 0.5) is 0 Å². The third kappa shape index (κ3) is 7.53. The third-order valence-corrected chi connectivity index (χ3v) is 9.09. The molecule has 5 rings (SSSR count). The van der Waals surface area contributed by atoms with Crippen LogP contribution in [-0.4, -0.2) is 160 Å². The summed E-state index contributed by atoms with van der Waals surface area (Å²) >= 11 is 0. The van der Waals surface area contributed by atoms with E-state index in [-0.39, 0.29) is 18.6 Å². The molecule has 0 spiro atoms. The first-order valence-corrected chi connectivity index (χ1v) is 15.8. The van der Waals surface area contributed by atoms with Crippen molar-refractivity contribution in [2.24, 2.45) is 0 Å². The lowest BCUT2D eigenvalue weighted by Gasteiger charge is -2.45. The summed E-state index contributed by atoms with van der Waals surface area (Å²) in [7, 11) is 0. The molecule has 14 atom stereocenters. The average molecular weight is 715 g/mol. The highest BCUT2D eigenvalue weighted by atomic mass is 16.8. The molecular formula is C32H42O18. The highest BCUT2D eigenvalue weighted by molar-refractivity contribution is 6.02. The number of aliphatic hydroxyl groups is 9. The molecule has 0 radical (unpaired) electrons. The van der Waals surface area contributed by atoms with E-state index in [2.05, 4.69) is 0 Å². The summed E-state index contributed by atoms with van der Waals surface area (Å²) in [4.78, 5) is 13.8. The molecule has 0 aromatic heterocycles. The maximum Gasteiger partial charge on any atom is 0.229 e. The van der Waals surface area contributed by atoms with Crippen LogP contribution in [0.1, 0.15) is 40.9 Å². The molecule has 18 nitrogen and oxygen atoms in total. The molecule has 278 valence electrons. The van der Waals surface area contributed by atoms with Crippen molar-refractivity contribution in [3.8, 4) is 23.0 Å². The SMILES string of the molecule is C[C@@H]1O[C@H](Oc2cc(O)c([C@@H]3OC[C@H](O)[C@H](O)[C@@H]3O)c(O)c2C(=O)CCc2ccc(O)cc2)[C@@H](O[C@H]2O[C@@H](CO)[C@H](O)[C@@H](O)[C@@H]2O)[C@H](O)[C@@H]1O. The highest BCUT2D eigenvalue weighted by Crippen LogP contribution is 2.46. The average Bonchev–Trinajstić information content (AvgIpc) is 3.08. The molecule has 18 heteroatoms. The van der Waals surface area contributed by atoms with Crippen molar-refractivity contribution in [1.29, 1.82) is 0 Å². The Morgan fingerprint density at radius 2 is 1.50 bits per heavy atom. The summed E-state index contributed by atoms with van der Waals surface area (Å²) in [6.07, 6.45) is -23.9. The van der Waals surface area contributed by atoms with Gasteiger partial charge in [0.2, 0.25) is 6.29 Å². The molecule has 0 amide bonds. The van der Waals surface area contributed by atoms with Gasteiger partial charge in [-0.25, -0.2) is 0 Å². The van der Waals surface area contributed by atoms with Gasteiger partial charge in [-0.05, 0) is 31.0 Å². The first-order chi connectivity index (χ1) is 23.6. The number of Topliss-reactive ketones (excluding diaryl/α,β-unsaturated/α-hetero) is 1. The monoisotopic (exact) mass is 714 g/mol. The molecule has 0 bridgehead atoms. The maximum absolute atomic E-state index is 13.8. The van der Waals surface area contributed by atoms with E-state index in [4.69, 9.17) is 23.7 Å². The lowest BCUT2D eigenvalue weighted by atomic mass is 9.90. The summed E-state index contributed by atoms with van der Waals surface area (Å²) < 4.78 is 28.1. The number of carbonyl (C=O) groups excluding carboxylic acids is 1. The topological polar surface area (TPSA) is 306 Å². The van der Waals surface area contributed by atoms with Crippen molar-refractivity contribution in [2.45, 2.75) is 106 Å². The van der Waals surface area contributed by atoms with Gasteiger partial charge in [0.15, 0.2) is 18.2 Å². The first kappa shape index (κ1) is 38.0. The molecule has 3 saturated heterocycles. The smallest absolute Gasteiger partial charge is 0.229 e. The van der Waals surface area contributed by atoms with Gasteiger partial charge in [-0.3, -0.25) is 4.79 Å². The predicted octanol–water partition coefficient (Wildman–Crippen LogP) is -3.20. The number of aryl methyl sites for hydroxylation is 1. The van der Waals surface area contributed by atoms with E-state index in [1.165, 1.54) is 19.1 Å². The summed E-state index contributed by atoms with van der Waals surface area (Å²) in [6.45, 7) is 0.0524. The second-order valence-electron chi connectivity index (χ2n) is 12.5. The van der Waals surface area contributed by atoms with Crippen LogP contribution in [0.5, 0.6) is 23.0 Å². The van der Waals surface area contributed by atoms with Crippen molar-refractivity contribution in [2.75, 3.05) is 13.2 Å². The van der Waals surface area contributed by atoms with E-state index in [0.29, 0.717) is 5.56 Å². The Balaban J connectivity index is 1.52. The Labute approximate surface area is 284 Å².